The molecule has 8 heteroatoms. The van der Waals surface area contributed by atoms with E-state index < -0.39 is 10.0 Å². The standard InChI is InChI=1S/C20H26Cl2N2O3S/c21-18-9-8-17(19(22)11-18)14-28(26,27)24-10-4-7-16(13-24)20(25)23-12-15-5-2-1-3-6-15/h5,8-9,11,16H,1-4,6-7,10,12-14H2,(H,23,25)/t16-/m0/s1. The Morgan fingerprint density at radius 2 is 2.04 bits per heavy atom. The number of benzene rings is 1. The summed E-state index contributed by atoms with van der Waals surface area (Å²) in [6.07, 6.45) is 8.08. The van der Waals surface area contributed by atoms with Crippen molar-refractivity contribution in [3.8, 4) is 0 Å². The number of allylic oxidation sites excluding steroid dienone is 1. The fraction of sp³-hybridized carbons (Fsp3) is 0.550. The lowest BCUT2D eigenvalue weighted by atomic mass is 9.97. The van der Waals surface area contributed by atoms with Crippen LogP contribution in [0, 0.1) is 5.92 Å². The minimum absolute atomic E-state index is 0.0594. The molecule has 1 aromatic carbocycles. The van der Waals surface area contributed by atoms with Gasteiger partial charge in [0.05, 0.1) is 11.7 Å². The molecule has 1 amide bonds. The van der Waals surface area contributed by atoms with Crippen molar-refractivity contribution >= 4 is 39.1 Å². The van der Waals surface area contributed by atoms with Crippen LogP contribution < -0.4 is 5.32 Å². The summed E-state index contributed by atoms with van der Waals surface area (Å²) in [5, 5.41) is 3.80. The van der Waals surface area contributed by atoms with Gasteiger partial charge in [0, 0.05) is 29.7 Å². The van der Waals surface area contributed by atoms with Gasteiger partial charge in [0.15, 0.2) is 0 Å². The summed E-state index contributed by atoms with van der Waals surface area (Å²) in [7, 11) is -3.56. The molecule has 0 spiro atoms. The highest BCUT2D eigenvalue weighted by atomic mass is 35.5. The van der Waals surface area contributed by atoms with E-state index in [9.17, 15) is 13.2 Å². The van der Waals surface area contributed by atoms with Gasteiger partial charge in [0.1, 0.15) is 0 Å². The number of amides is 1. The summed E-state index contributed by atoms with van der Waals surface area (Å²) in [4.78, 5) is 12.6. The molecular formula is C20H26Cl2N2O3S. The topological polar surface area (TPSA) is 66.5 Å². The van der Waals surface area contributed by atoms with Crippen molar-refractivity contribution in [2.75, 3.05) is 19.6 Å². The molecule has 28 heavy (non-hydrogen) atoms. The average molecular weight is 445 g/mol. The lowest BCUT2D eigenvalue weighted by Gasteiger charge is -2.31. The lowest BCUT2D eigenvalue weighted by Crippen LogP contribution is -2.46. The fourth-order valence-electron chi connectivity index (χ4n) is 3.75. The summed E-state index contributed by atoms with van der Waals surface area (Å²) in [6, 6.07) is 4.80. The number of rotatable bonds is 6. The van der Waals surface area contributed by atoms with Gasteiger partial charge in [-0.2, -0.15) is 0 Å². The van der Waals surface area contributed by atoms with Crippen LogP contribution in [0.4, 0.5) is 0 Å². The Morgan fingerprint density at radius 1 is 1.21 bits per heavy atom. The second-order valence-corrected chi connectivity index (χ2v) is 10.3. The van der Waals surface area contributed by atoms with Crippen LogP contribution in [0.15, 0.2) is 29.8 Å². The number of nitrogens with one attached hydrogen (secondary N) is 1. The quantitative estimate of drug-likeness (QED) is 0.669. The number of hydrogen-bond donors (Lipinski definition) is 1. The number of sulfonamides is 1. The number of piperidine rings is 1. The largest absolute Gasteiger partial charge is 0.352 e. The summed E-state index contributed by atoms with van der Waals surface area (Å²) in [5.41, 5.74) is 1.79. The third-order valence-corrected chi connectivity index (χ3v) is 7.76. The van der Waals surface area contributed by atoms with Crippen molar-refractivity contribution in [2.24, 2.45) is 5.92 Å². The fourth-order valence-corrected chi connectivity index (χ4v) is 5.94. The highest BCUT2D eigenvalue weighted by molar-refractivity contribution is 7.88. The normalized spacial score (nSPS) is 21.2. The Balaban J connectivity index is 1.59. The summed E-state index contributed by atoms with van der Waals surface area (Å²) in [5.74, 6) is -0.561. The van der Waals surface area contributed by atoms with E-state index in [1.165, 1.54) is 22.7 Å². The smallest absolute Gasteiger partial charge is 0.224 e. The molecule has 2 aliphatic rings. The number of carbonyl (C=O) groups excluding carboxylic acids is 1. The molecule has 1 N–H and O–H groups in total. The maximum Gasteiger partial charge on any atom is 0.224 e. The van der Waals surface area contributed by atoms with Crippen molar-refractivity contribution in [2.45, 2.75) is 44.3 Å². The van der Waals surface area contributed by atoms with Crippen molar-refractivity contribution in [1.82, 2.24) is 9.62 Å². The Kier molecular flexibility index (Phi) is 7.42. The first-order valence-electron chi connectivity index (χ1n) is 9.72. The first-order chi connectivity index (χ1) is 13.3. The van der Waals surface area contributed by atoms with Crippen molar-refractivity contribution < 1.29 is 13.2 Å². The summed E-state index contributed by atoms with van der Waals surface area (Å²) < 4.78 is 27.1. The molecule has 154 valence electrons. The van der Waals surface area contributed by atoms with Gasteiger partial charge in [0.2, 0.25) is 15.9 Å². The van der Waals surface area contributed by atoms with E-state index in [1.54, 1.807) is 18.2 Å². The Hall–Kier alpha value is -1.08. The maximum atomic E-state index is 12.9. The van der Waals surface area contributed by atoms with Gasteiger partial charge in [-0.25, -0.2) is 12.7 Å². The van der Waals surface area contributed by atoms with Crippen LogP contribution >= 0.6 is 23.2 Å². The molecule has 1 atom stereocenters. The number of halogens is 2. The van der Waals surface area contributed by atoms with Gasteiger partial charge in [0.25, 0.3) is 0 Å². The van der Waals surface area contributed by atoms with Gasteiger partial charge in [-0.15, -0.1) is 0 Å². The highest BCUT2D eigenvalue weighted by Crippen LogP contribution is 2.26. The molecule has 0 radical (unpaired) electrons. The van der Waals surface area contributed by atoms with Crippen LogP contribution in [0.3, 0.4) is 0 Å². The SMILES string of the molecule is O=C(NCC1=CCCCC1)[C@H]1CCCN(S(=O)(=O)Cc2ccc(Cl)cc2Cl)C1. The molecule has 0 aromatic heterocycles. The van der Waals surface area contributed by atoms with Crippen LogP contribution in [0.1, 0.15) is 44.1 Å². The number of hydrogen-bond acceptors (Lipinski definition) is 3. The van der Waals surface area contributed by atoms with Crippen LogP contribution in [0.25, 0.3) is 0 Å². The Labute approximate surface area is 177 Å². The predicted octanol–water partition coefficient (Wildman–Crippen LogP) is 4.15. The second kappa shape index (κ2) is 9.61. The molecule has 0 saturated carbocycles. The van der Waals surface area contributed by atoms with Gasteiger partial charge < -0.3 is 5.32 Å². The summed E-state index contributed by atoms with van der Waals surface area (Å²) >= 11 is 12.0. The minimum atomic E-state index is -3.56. The zero-order chi connectivity index (χ0) is 20.1. The van der Waals surface area contributed by atoms with E-state index in [0.29, 0.717) is 41.5 Å². The molecule has 1 fully saturated rings. The third-order valence-electron chi connectivity index (χ3n) is 5.38. The Morgan fingerprint density at radius 3 is 2.75 bits per heavy atom. The van der Waals surface area contributed by atoms with Gasteiger partial charge in [-0.1, -0.05) is 40.9 Å². The van der Waals surface area contributed by atoms with E-state index in [-0.39, 0.29) is 24.1 Å². The van der Waals surface area contributed by atoms with E-state index in [2.05, 4.69) is 11.4 Å². The first kappa shape index (κ1) is 21.6. The average Bonchev–Trinajstić information content (AvgIpc) is 2.69. The molecule has 1 saturated heterocycles. The molecule has 1 aliphatic carbocycles. The molecule has 5 nitrogen and oxygen atoms in total. The number of nitrogens with zero attached hydrogens (tertiary/aromatic N) is 1. The zero-order valence-corrected chi connectivity index (χ0v) is 18.1. The van der Waals surface area contributed by atoms with Gasteiger partial charge >= 0.3 is 0 Å². The number of carbonyl (C=O) groups is 1. The predicted molar refractivity (Wildman–Crippen MR) is 113 cm³/mol. The van der Waals surface area contributed by atoms with Crippen LogP contribution in [0.2, 0.25) is 10.0 Å². The minimum Gasteiger partial charge on any atom is -0.352 e. The molecule has 1 heterocycles. The van der Waals surface area contributed by atoms with Crippen LogP contribution in [-0.2, 0) is 20.6 Å². The summed E-state index contributed by atoms with van der Waals surface area (Å²) in [6.45, 7) is 1.23. The lowest BCUT2D eigenvalue weighted by molar-refractivity contribution is -0.125. The Bertz CT molecular complexity index is 855. The van der Waals surface area contributed by atoms with Crippen molar-refractivity contribution in [3.63, 3.8) is 0 Å². The van der Waals surface area contributed by atoms with Gasteiger partial charge in [-0.05, 0) is 56.2 Å². The first-order valence-corrected chi connectivity index (χ1v) is 12.1. The molecule has 0 bridgehead atoms. The van der Waals surface area contributed by atoms with E-state index >= 15 is 0 Å². The van der Waals surface area contributed by atoms with Crippen molar-refractivity contribution in [3.05, 3.63) is 45.5 Å². The molecule has 0 unspecified atom stereocenters. The molecular weight excluding hydrogens is 419 g/mol. The van der Waals surface area contributed by atoms with Crippen LogP contribution in [0.5, 0.6) is 0 Å². The molecule has 1 aliphatic heterocycles. The molecule has 3 rings (SSSR count). The second-order valence-electron chi connectivity index (χ2n) is 7.52. The van der Waals surface area contributed by atoms with E-state index in [1.807, 2.05) is 0 Å². The zero-order valence-electron chi connectivity index (χ0n) is 15.8. The van der Waals surface area contributed by atoms with Crippen molar-refractivity contribution in [1.29, 1.82) is 0 Å². The van der Waals surface area contributed by atoms with Gasteiger partial charge in [-0.3, -0.25) is 4.79 Å². The highest BCUT2D eigenvalue weighted by Gasteiger charge is 2.32. The maximum absolute atomic E-state index is 12.9. The van der Waals surface area contributed by atoms with E-state index in [0.717, 1.165) is 12.8 Å². The monoisotopic (exact) mass is 444 g/mol. The van der Waals surface area contributed by atoms with Crippen LogP contribution in [-0.4, -0.2) is 38.3 Å². The third kappa shape index (κ3) is 5.72. The molecule has 1 aromatic rings. The van der Waals surface area contributed by atoms with E-state index in [4.69, 9.17) is 23.2 Å².